The van der Waals surface area contributed by atoms with Gasteiger partial charge in [-0.25, -0.2) is 0 Å². The van der Waals surface area contributed by atoms with Gasteiger partial charge in [0.25, 0.3) is 0 Å². The topological polar surface area (TPSA) is 44.8 Å². The van der Waals surface area contributed by atoms with Crippen LogP contribution in [-0.2, 0) is 11.4 Å². The maximum absolute atomic E-state index is 13.5. The number of nitrogens with zero attached hydrogens (tertiary/aromatic N) is 2. The first-order valence-corrected chi connectivity index (χ1v) is 15.3. The minimum Gasteiger partial charge on any atom is -0.489 e. The summed E-state index contributed by atoms with van der Waals surface area (Å²) in [6.07, 6.45) is 5.18. The van der Waals surface area contributed by atoms with E-state index in [2.05, 4.69) is 93.1 Å². The third kappa shape index (κ3) is 10.5. The van der Waals surface area contributed by atoms with E-state index in [9.17, 15) is 4.79 Å². The summed E-state index contributed by atoms with van der Waals surface area (Å²) < 4.78 is 6.03. The van der Waals surface area contributed by atoms with Gasteiger partial charge >= 0.3 is 0 Å². The largest absolute Gasteiger partial charge is 0.489 e. The molecule has 2 aromatic carbocycles. The van der Waals surface area contributed by atoms with E-state index in [-0.39, 0.29) is 6.04 Å². The number of rotatable bonds is 15. The molecule has 0 radical (unpaired) electrons. The van der Waals surface area contributed by atoms with Crippen molar-refractivity contribution in [3.8, 4) is 5.75 Å². The van der Waals surface area contributed by atoms with Crippen molar-refractivity contribution in [1.29, 1.82) is 0 Å². The molecule has 1 aliphatic rings. The van der Waals surface area contributed by atoms with Crippen molar-refractivity contribution in [2.45, 2.75) is 92.3 Å². The Morgan fingerprint density at radius 1 is 0.897 bits per heavy atom. The molecule has 0 aromatic heterocycles. The molecule has 1 fully saturated rings. The summed E-state index contributed by atoms with van der Waals surface area (Å²) in [5, 5.41) is 3.58. The van der Waals surface area contributed by atoms with Crippen molar-refractivity contribution in [1.82, 2.24) is 10.2 Å². The molecule has 0 spiro atoms. The SMILES string of the molecule is CC(C)CCNC(CC(C)C)C(=O)N1CCC(N(CCC(C)C)c2ccc(OCc3ccccc3)cc2)CC1. The minimum absolute atomic E-state index is 0.0687. The highest BCUT2D eigenvalue weighted by Crippen LogP contribution is 2.28. The molecule has 5 heteroatoms. The van der Waals surface area contributed by atoms with E-state index in [0.717, 1.165) is 64.0 Å². The molecule has 0 aliphatic carbocycles. The van der Waals surface area contributed by atoms with Gasteiger partial charge in [-0.1, -0.05) is 71.9 Å². The van der Waals surface area contributed by atoms with Crippen LogP contribution in [0.25, 0.3) is 0 Å². The van der Waals surface area contributed by atoms with Gasteiger partial charge in [0.15, 0.2) is 0 Å². The molecule has 1 heterocycles. The number of carbonyl (C=O) groups excluding carboxylic acids is 1. The van der Waals surface area contributed by atoms with Crippen LogP contribution in [0.4, 0.5) is 5.69 Å². The van der Waals surface area contributed by atoms with Gasteiger partial charge in [-0.3, -0.25) is 4.79 Å². The number of likely N-dealkylation sites (tertiary alicyclic amines) is 1. The molecule has 1 saturated heterocycles. The minimum atomic E-state index is -0.0687. The fourth-order valence-corrected chi connectivity index (χ4v) is 5.30. The van der Waals surface area contributed by atoms with Gasteiger partial charge in [0, 0.05) is 31.4 Å². The fraction of sp³-hybridized carbons (Fsp3) is 0.618. The lowest BCUT2D eigenvalue weighted by atomic mass is 9.98. The molecule has 3 rings (SSSR count). The summed E-state index contributed by atoms with van der Waals surface area (Å²) >= 11 is 0. The lowest BCUT2D eigenvalue weighted by Crippen LogP contribution is -2.53. The second-order valence-corrected chi connectivity index (χ2v) is 12.5. The zero-order valence-corrected chi connectivity index (χ0v) is 25.4. The summed E-state index contributed by atoms with van der Waals surface area (Å²) in [4.78, 5) is 18.2. The fourth-order valence-electron chi connectivity index (χ4n) is 5.30. The van der Waals surface area contributed by atoms with Crippen molar-refractivity contribution < 1.29 is 9.53 Å². The quantitative estimate of drug-likeness (QED) is 0.263. The average molecular weight is 536 g/mol. The highest BCUT2D eigenvalue weighted by molar-refractivity contribution is 5.82. The predicted octanol–water partition coefficient (Wildman–Crippen LogP) is 7.16. The van der Waals surface area contributed by atoms with Crippen LogP contribution in [0.2, 0.25) is 0 Å². The van der Waals surface area contributed by atoms with Gasteiger partial charge in [0.05, 0.1) is 6.04 Å². The highest BCUT2D eigenvalue weighted by Gasteiger charge is 2.31. The normalized spacial score (nSPS) is 15.3. The Morgan fingerprint density at radius 2 is 1.54 bits per heavy atom. The predicted molar refractivity (Wildman–Crippen MR) is 164 cm³/mol. The van der Waals surface area contributed by atoms with Crippen LogP contribution in [0.5, 0.6) is 5.75 Å². The number of ether oxygens (including phenoxy) is 1. The van der Waals surface area contributed by atoms with Crippen molar-refractivity contribution in [2.75, 3.05) is 31.1 Å². The van der Waals surface area contributed by atoms with E-state index in [1.165, 1.54) is 11.3 Å². The molecule has 1 aliphatic heterocycles. The van der Waals surface area contributed by atoms with E-state index in [1.54, 1.807) is 0 Å². The molecule has 216 valence electrons. The molecule has 1 atom stereocenters. The van der Waals surface area contributed by atoms with Crippen LogP contribution in [0.15, 0.2) is 54.6 Å². The highest BCUT2D eigenvalue weighted by atomic mass is 16.5. The maximum atomic E-state index is 13.5. The first-order valence-electron chi connectivity index (χ1n) is 15.3. The smallest absolute Gasteiger partial charge is 0.239 e. The Kier molecular flexibility index (Phi) is 12.6. The molecule has 0 saturated carbocycles. The van der Waals surface area contributed by atoms with Crippen LogP contribution in [0.1, 0.15) is 79.2 Å². The molecule has 5 nitrogen and oxygen atoms in total. The van der Waals surface area contributed by atoms with Crippen molar-refractivity contribution in [3.05, 3.63) is 60.2 Å². The van der Waals surface area contributed by atoms with Crippen LogP contribution < -0.4 is 15.0 Å². The number of piperidine rings is 1. The zero-order valence-electron chi connectivity index (χ0n) is 25.4. The average Bonchev–Trinajstić information content (AvgIpc) is 2.92. The van der Waals surface area contributed by atoms with Gasteiger partial charge < -0.3 is 19.9 Å². The van der Waals surface area contributed by atoms with Gasteiger partial charge in [0.2, 0.25) is 5.91 Å². The van der Waals surface area contributed by atoms with E-state index < -0.39 is 0 Å². The summed E-state index contributed by atoms with van der Waals surface area (Å²) in [5.74, 6) is 2.97. The number of carbonyl (C=O) groups is 1. The second kappa shape index (κ2) is 15.9. The number of nitrogens with one attached hydrogen (secondary N) is 1. The Hall–Kier alpha value is -2.53. The van der Waals surface area contributed by atoms with Gasteiger partial charge in [-0.2, -0.15) is 0 Å². The van der Waals surface area contributed by atoms with E-state index in [4.69, 9.17) is 4.74 Å². The Labute approximate surface area is 238 Å². The second-order valence-electron chi connectivity index (χ2n) is 12.5. The van der Waals surface area contributed by atoms with Crippen LogP contribution in [0, 0.1) is 17.8 Å². The Balaban J connectivity index is 1.61. The summed E-state index contributed by atoms with van der Waals surface area (Å²) in [6.45, 7) is 17.7. The monoisotopic (exact) mass is 535 g/mol. The third-order valence-corrected chi connectivity index (χ3v) is 7.70. The summed E-state index contributed by atoms with van der Waals surface area (Å²) in [6, 6.07) is 19.3. The van der Waals surface area contributed by atoms with Crippen molar-refractivity contribution in [2.24, 2.45) is 17.8 Å². The molecule has 1 N–H and O–H groups in total. The molecular weight excluding hydrogens is 482 g/mol. The molecule has 0 bridgehead atoms. The molecule has 2 aromatic rings. The van der Waals surface area contributed by atoms with Crippen LogP contribution in [-0.4, -0.2) is 49.1 Å². The summed E-state index contributed by atoms with van der Waals surface area (Å²) in [5.41, 5.74) is 2.42. The number of anilines is 1. The molecular formula is C34H53N3O2. The van der Waals surface area contributed by atoms with Gasteiger partial charge in [-0.15, -0.1) is 0 Å². The van der Waals surface area contributed by atoms with E-state index >= 15 is 0 Å². The van der Waals surface area contributed by atoms with Gasteiger partial charge in [-0.05, 0) is 86.2 Å². The zero-order chi connectivity index (χ0) is 28.2. The summed E-state index contributed by atoms with van der Waals surface area (Å²) in [7, 11) is 0. The Bertz CT molecular complexity index is 950. The molecule has 1 unspecified atom stereocenters. The van der Waals surface area contributed by atoms with Crippen LogP contribution >= 0.6 is 0 Å². The first kappa shape index (κ1) is 31.0. The number of hydrogen-bond acceptors (Lipinski definition) is 4. The number of benzene rings is 2. The lowest BCUT2D eigenvalue weighted by Gasteiger charge is -2.41. The van der Waals surface area contributed by atoms with Crippen molar-refractivity contribution in [3.63, 3.8) is 0 Å². The van der Waals surface area contributed by atoms with Crippen LogP contribution in [0.3, 0.4) is 0 Å². The molecule has 39 heavy (non-hydrogen) atoms. The molecule has 1 amide bonds. The number of hydrogen-bond donors (Lipinski definition) is 1. The maximum Gasteiger partial charge on any atom is 0.239 e. The van der Waals surface area contributed by atoms with E-state index in [0.29, 0.717) is 36.3 Å². The lowest BCUT2D eigenvalue weighted by molar-refractivity contribution is -0.135. The van der Waals surface area contributed by atoms with Crippen molar-refractivity contribution >= 4 is 11.6 Å². The first-order chi connectivity index (χ1) is 18.7. The Morgan fingerprint density at radius 3 is 2.13 bits per heavy atom. The number of amides is 1. The van der Waals surface area contributed by atoms with Gasteiger partial charge in [0.1, 0.15) is 12.4 Å². The van der Waals surface area contributed by atoms with E-state index in [1.807, 2.05) is 18.2 Å². The third-order valence-electron chi connectivity index (χ3n) is 7.70. The standard InChI is InChI=1S/C34H53N3O2/c1-26(2)16-20-35-33(24-28(5)6)34(38)36-21-18-31(19-22-36)37(23-17-27(3)4)30-12-14-32(15-13-30)39-25-29-10-8-7-9-11-29/h7-15,26-28,31,33,35H,16-25H2,1-6H3.